The summed E-state index contributed by atoms with van der Waals surface area (Å²) in [6.45, 7) is 3.96. The van der Waals surface area contributed by atoms with Gasteiger partial charge in [0.15, 0.2) is 0 Å². The molecule has 0 amide bonds. The van der Waals surface area contributed by atoms with E-state index in [4.69, 9.17) is 0 Å². The van der Waals surface area contributed by atoms with Crippen molar-refractivity contribution >= 4 is 22.0 Å². The number of hydrogen-bond acceptors (Lipinski definition) is 7. The first-order chi connectivity index (χ1) is 12.5. The third-order valence-corrected chi connectivity index (χ3v) is 5.92. The standard InChI is InChI=1S/C17H19N5O3S/c1-11-4-3-7-20(9-11)14(12-5-2-6-13(8-12)22(24)25)15-16(23)21-17(26-15)18-10-19-21/h2,5-6,8,10-11,14,23H,3-4,7,9H2,1H3. The lowest BCUT2D eigenvalue weighted by atomic mass is 9.95. The number of nitro benzene ring substituents is 1. The van der Waals surface area contributed by atoms with Gasteiger partial charge in [0.1, 0.15) is 6.33 Å². The van der Waals surface area contributed by atoms with Crippen LogP contribution in [0.3, 0.4) is 0 Å². The first-order valence-corrected chi connectivity index (χ1v) is 9.36. The first-order valence-electron chi connectivity index (χ1n) is 8.54. The van der Waals surface area contributed by atoms with E-state index in [0.29, 0.717) is 10.9 Å². The number of non-ortho nitro benzene ring substituents is 1. The molecule has 8 nitrogen and oxygen atoms in total. The summed E-state index contributed by atoms with van der Waals surface area (Å²) in [6.07, 6.45) is 3.63. The number of piperidine rings is 1. The predicted octanol–water partition coefficient (Wildman–Crippen LogP) is 3.23. The maximum absolute atomic E-state index is 11.2. The molecule has 1 saturated heterocycles. The lowest BCUT2D eigenvalue weighted by molar-refractivity contribution is -0.384. The van der Waals surface area contributed by atoms with Crippen LogP contribution >= 0.6 is 11.3 Å². The van der Waals surface area contributed by atoms with Crippen LogP contribution in [0.2, 0.25) is 0 Å². The average molecular weight is 373 g/mol. The number of nitro groups is 1. The Bertz CT molecular complexity index is 953. The molecule has 1 aliphatic rings. The van der Waals surface area contributed by atoms with E-state index >= 15 is 0 Å². The quantitative estimate of drug-likeness (QED) is 0.557. The number of aromatic nitrogens is 3. The van der Waals surface area contributed by atoms with Gasteiger partial charge in [-0.05, 0) is 30.9 Å². The van der Waals surface area contributed by atoms with Gasteiger partial charge in [-0.15, -0.1) is 0 Å². The molecule has 4 rings (SSSR count). The number of benzene rings is 1. The Labute approximate surface area is 153 Å². The normalized spacial score (nSPS) is 19.7. The average Bonchev–Trinajstić information content (AvgIpc) is 3.20. The zero-order valence-corrected chi connectivity index (χ0v) is 15.1. The number of aromatic hydroxyl groups is 1. The van der Waals surface area contributed by atoms with Gasteiger partial charge >= 0.3 is 0 Å². The van der Waals surface area contributed by atoms with Gasteiger partial charge in [0.05, 0.1) is 15.8 Å². The SMILES string of the molecule is CC1CCCN(C(c2cccc([N+](=O)[O-])c2)c2sc3ncnn3c2O)C1. The molecule has 3 aromatic rings. The third kappa shape index (κ3) is 2.93. The summed E-state index contributed by atoms with van der Waals surface area (Å²) in [5, 5.41) is 26.0. The third-order valence-electron chi connectivity index (χ3n) is 4.84. The molecule has 1 fully saturated rings. The van der Waals surface area contributed by atoms with Crippen LogP contribution in [0.25, 0.3) is 4.96 Å². The van der Waals surface area contributed by atoms with Gasteiger partial charge in [-0.3, -0.25) is 15.0 Å². The molecule has 0 saturated carbocycles. The number of rotatable bonds is 4. The highest BCUT2D eigenvalue weighted by molar-refractivity contribution is 7.17. The van der Waals surface area contributed by atoms with E-state index in [9.17, 15) is 15.2 Å². The fraction of sp³-hybridized carbons (Fsp3) is 0.412. The minimum Gasteiger partial charge on any atom is -0.492 e. The van der Waals surface area contributed by atoms with Crippen LogP contribution < -0.4 is 0 Å². The molecule has 9 heteroatoms. The van der Waals surface area contributed by atoms with E-state index in [-0.39, 0.29) is 22.5 Å². The molecule has 136 valence electrons. The first kappa shape index (κ1) is 16.9. The maximum atomic E-state index is 11.2. The van der Waals surface area contributed by atoms with E-state index in [0.717, 1.165) is 30.0 Å². The number of nitrogens with zero attached hydrogens (tertiary/aromatic N) is 5. The molecule has 0 radical (unpaired) electrons. The lowest BCUT2D eigenvalue weighted by Gasteiger charge is -2.37. The molecule has 3 heterocycles. The van der Waals surface area contributed by atoms with Crippen LogP contribution in [0.1, 0.15) is 36.2 Å². The van der Waals surface area contributed by atoms with Gasteiger partial charge < -0.3 is 5.11 Å². The van der Waals surface area contributed by atoms with Crippen LogP contribution in [0.15, 0.2) is 30.6 Å². The smallest absolute Gasteiger partial charge is 0.269 e. The molecule has 0 bridgehead atoms. The summed E-state index contributed by atoms with van der Waals surface area (Å²) in [7, 11) is 0. The van der Waals surface area contributed by atoms with Gasteiger partial charge in [-0.2, -0.15) is 9.61 Å². The number of thiazole rings is 1. The van der Waals surface area contributed by atoms with Crippen molar-refractivity contribution in [1.29, 1.82) is 0 Å². The van der Waals surface area contributed by atoms with Crippen molar-refractivity contribution in [2.24, 2.45) is 5.92 Å². The number of hydrogen-bond donors (Lipinski definition) is 1. The van der Waals surface area contributed by atoms with Crippen LogP contribution in [0.5, 0.6) is 5.88 Å². The van der Waals surface area contributed by atoms with Gasteiger partial charge in [-0.1, -0.05) is 30.4 Å². The minimum absolute atomic E-state index is 0.0523. The Hall–Kier alpha value is -2.52. The Kier molecular flexibility index (Phi) is 4.33. The van der Waals surface area contributed by atoms with Crippen molar-refractivity contribution in [3.05, 3.63) is 51.1 Å². The molecule has 1 aliphatic heterocycles. The van der Waals surface area contributed by atoms with Crippen LogP contribution in [0.4, 0.5) is 5.69 Å². The fourth-order valence-corrected chi connectivity index (χ4v) is 4.76. The van der Waals surface area contributed by atoms with Crippen molar-refractivity contribution in [1.82, 2.24) is 19.5 Å². The highest BCUT2D eigenvalue weighted by atomic mass is 32.1. The predicted molar refractivity (Wildman–Crippen MR) is 97.4 cm³/mol. The molecule has 1 N–H and O–H groups in total. The zero-order chi connectivity index (χ0) is 18.3. The Morgan fingerprint density at radius 3 is 3.04 bits per heavy atom. The Morgan fingerprint density at radius 2 is 2.31 bits per heavy atom. The van der Waals surface area contributed by atoms with E-state index in [1.165, 1.54) is 34.7 Å². The van der Waals surface area contributed by atoms with Crippen LogP contribution in [0, 0.1) is 16.0 Å². The van der Waals surface area contributed by atoms with E-state index in [1.54, 1.807) is 12.1 Å². The van der Waals surface area contributed by atoms with Crippen molar-refractivity contribution in [3.8, 4) is 5.88 Å². The lowest BCUT2D eigenvalue weighted by Crippen LogP contribution is -2.37. The molecular weight excluding hydrogens is 354 g/mol. The second-order valence-corrected chi connectivity index (χ2v) is 7.75. The minimum atomic E-state index is -0.387. The molecule has 1 aromatic carbocycles. The van der Waals surface area contributed by atoms with Crippen LogP contribution in [-0.4, -0.2) is 42.6 Å². The van der Waals surface area contributed by atoms with Crippen molar-refractivity contribution in [2.45, 2.75) is 25.8 Å². The van der Waals surface area contributed by atoms with Gasteiger partial charge in [0.25, 0.3) is 5.69 Å². The second-order valence-electron chi connectivity index (χ2n) is 6.74. The summed E-state index contributed by atoms with van der Waals surface area (Å²) >= 11 is 1.37. The van der Waals surface area contributed by atoms with Gasteiger partial charge in [-0.25, -0.2) is 4.98 Å². The monoisotopic (exact) mass is 373 g/mol. The molecule has 0 aliphatic carbocycles. The summed E-state index contributed by atoms with van der Waals surface area (Å²) < 4.78 is 1.41. The second kappa shape index (κ2) is 6.65. The van der Waals surface area contributed by atoms with E-state index in [1.807, 2.05) is 6.07 Å². The number of fused-ring (bicyclic) bond motifs is 1. The zero-order valence-electron chi connectivity index (χ0n) is 14.3. The molecule has 2 atom stereocenters. The van der Waals surface area contributed by atoms with E-state index < -0.39 is 0 Å². The molecule has 26 heavy (non-hydrogen) atoms. The largest absolute Gasteiger partial charge is 0.492 e. The van der Waals surface area contributed by atoms with E-state index in [2.05, 4.69) is 21.9 Å². The summed E-state index contributed by atoms with van der Waals surface area (Å²) in [5.41, 5.74) is 0.851. The molecule has 0 spiro atoms. The van der Waals surface area contributed by atoms with Crippen molar-refractivity contribution < 1.29 is 10.0 Å². The summed E-state index contributed by atoms with van der Waals surface area (Å²) in [6, 6.07) is 6.40. The molecule has 2 unspecified atom stereocenters. The van der Waals surface area contributed by atoms with Gasteiger partial charge in [0.2, 0.25) is 10.8 Å². The number of likely N-dealkylation sites (tertiary alicyclic amines) is 1. The topological polar surface area (TPSA) is 96.8 Å². The highest BCUT2D eigenvalue weighted by Crippen LogP contribution is 2.41. The molecule has 2 aromatic heterocycles. The van der Waals surface area contributed by atoms with Gasteiger partial charge in [0, 0.05) is 18.7 Å². The Balaban J connectivity index is 1.84. The van der Waals surface area contributed by atoms with Crippen molar-refractivity contribution in [3.63, 3.8) is 0 Å². The summed E-state index contributed by atoms with van der Waals surface area (Å²) in [4.78, 5) is 18.6. The fourth-order valence-electron chi connectivity index (χ4n) is 3.67. The van der Waals surface area contributed by atoms with Crippen LogP contribution in [-0.2, 0) is 0 Å². The maximum Gasteiger partial charge on any atom is 0.269 e. The Morgan fingerprint density at radius 1 is 1.46 bits per heavy atom. The molecular formula is C17H19N5O3S. The van der Waals surface area contributed by atoms with Crippen molar-refractivity contribution in [2.75, 3.05) is 13.1 Å². The highest BCUT2D eigenvalue weighted by Gasteiger charge is 2.32. The summed E-state index contributed by atoms with van der Waals surface area (Å²) in [5.74, 6) is 0.589.